The third-order valence-electron chi connectivity index (χ3n) is 6.05. The molecule has 0 N–H and O–H groups in total. The first kappa shape index (κ1) is 30.7. The summed E-state index contributed by atoms with van der Waals surface area (Å²) in [5.74, 6) is 0. The van der Waals surface area contributed by atoms with Gasteiger partial charge in [0.15, 0.2) is 0 Å². The average molecular weight is 528 g/mol. The van der Waals surface area contributed by atoms with Gasteiger partial charge in [-0.1, -0.05) is 0 Å². The van der Waals surface area contributed by atoms with E-state index in [1.807, 2.05) is 0 Å². The summed E-state index contributed by atoms with van der Waals surface area (Å²) in [6.45, 7) is 9.16. The number of rotatable bonds is 8. The van der Waals surface area contributed by atoms with Crippen LogP contribution in [0.3, 0.4) is 0 Å². The first-order valence-corrected chi connectivity index (χ1v) is 12.9. The molecule has 0 atom stereocenters. The first-order valence-electron chi connectivity index (χ1n) is 10.7. The van der Waals surface area contributed by atoms with Crippen molar-refractivity contribution in [2.45, 2.75) is 66.2 Å². The second kappa shape index (κ2) is 14.8. The van der Waals surface area contributed by atoms with Crippen LogP contribution in [0, 0.1) is 20.8 Å². The standard InChI is InChI=1S/C26H33Si.3ClH.Ti/c1-5-6-8-13-23-17-24(16-22-11-9-7-10-12-22)25(18-23)27-26-20(3)14-19(2)15-21(26)4;;;;/h7,9-12,14-15H,5-6,8,13,16,18,27H2,1-4H3;3*1H;/q;;;;+3/p-3. The minimum Gasteiger partial charge on any atom is -1.00 e. The van der Waals surface area contributed by atoms with Crippen LogP contribution in [-0.2, 0) is 26.9 Å². The molecule has 5 heteroatoms. The summed E-state index contributed by atoms with van der Waals surface area (Å²) >= 11 is 2.40. The predicted molar refractivity (Wildman–Crippen MR) is 122 cm³/mol. The fraction of sp³-hybridized carbons (Fsp3) is 0.385. The van der Waals surface area contributed by atoms with Gasteiger partial charge in [0.05, 0.1) is 0 Å². The Morgan fingerprint density at radius 1 is 0.903 bits per heavy atom. The summed E-state index contributed by atoms with van der Waals surface area (Å²) in [4.78, 5) is 0. The van der Waals surface area contributed by atoms with Gasteiger partial charge in [0, 0.05) is 0 Å². The fourth-order valence-electron chi connectivity index (χ4n) is 4.53. The van der Waals surface area contributed by atoms with E-state index in [0.717, 1.165) is 6.42 Å². The van der Waals surface area contributed by atoms with Gasteiger partial charge in [-0.3, -0.25) is 0 Å². The van der Waals surface area contributed by atoms with Crippen molar-refractivity contribution >= 4 is 14.7 Å². The van der Waals surface area contributed by atoms with Crippen molar-refractivity contribution in [3.8, 4) is 0 Å². The van der Waals surface area contributed by atoms with Crippen LogP contribution in [0.15, 0.2) is 62.7 Å². The Hall–Kier alpha value is -0.279. The SMILES string of the molecule is CCCCCC1=[C]([Ti+3])C(Cc2ccccc2)=C([SiH2]c2c(C)cc(C)cc2C)C1.[Cl-].[Cl-].[Cl-]. The van der Waals surface area contributed by atoms with Crippen LogP contribution in [0.2, 0.25) is 0 Å². The smallest absolute Gasteiger partial charge is 1.00 e. The molecule has 3 rings (SSSR count). The summed E-state index contributed by atoms with van der Waals surface area (Å²) in [6.07, 6.45) is 7.65. The van der Waals surface area contributed by atoms with Gasteiger partial charge in [0.25, 0.3) is 0 Å². The maximum atomic E-state index is 2.40. The van der Waals surface area contributed by atoms with Crippen molar-refractivity contribution in [2.24, 2.45) is 0 Å². The van der Waals surface area contributed by atoms with Gasteiger partial charge >= 0.3 is 186 Å². The Labute approximate surface area is 222 Å². The number of allylic oxidation sites excluding steroid dienone is 4. The van der Waals surface area contributed by atoms with E-state index >= 15 is 0 Å². The van der Waals surface area contributed by atoms with Crippen LogP contribution >= 0.6 is 0 Å². The summed E-state index contributed by atoms with van der Waals surface area (Å²) in [7, 11) is -0.426. The normalized spacial score (nSPS) is 13.4. The molecular weight excluding hydrogens is 495 g/mol. The van der Waals surface area contributed by atoms with Gasteiger partial charge in [-0.05, 0) is 0 Å². The largest absolute Gasteiger partial charge is 1.00 e. The maximum absolute atomic E-state index is 2.40. The van der Waals surface area contributed by atoms with Crippen LogP contribution < -0.4 is 42.4 Å². The van der Waals surface area contributed by atoms with Gasteiger partial charge < -0.3 is 37.2 Å². The molecule has 0 aromatic heterocycles. The van der Waals surface area contributed by atoms with Crippen molar-refractivity contribution in [3.63, 3.8) is 0 Å². The van der Waals surface area contributed by atoms with Crippen molar-refractivity contribution in [1.29, 1.82) is 0 Å². The molecule has 0 nitrogen and oxygen atoms in total. The predicted octanol–water partition coefficient (Wildman–Crippen LogP) is -3.30. The molecule has 166 valence electrons. The van der Waals surface area contributed by atoms with Crippen LogP contribution in [0.4, 0.5) is 0 Å². The fourth-order valence-corrected chi connectivity index (χ4v) is 7.68. The van der Waals surface area contributed by atoms with Crippen molar-refractivity contribution in [2.75, 3.05) is 0 Å². The molecule has 0 heterocycles. The second-order valence-corrected chi connectivity index (χ2v) is 11.1. The van der Waals surface area contributed by atoms with E-state index in [0.29, 0.717) is 0 Å². The van der Waals surface area contributed by atoms with Crippen molar-refractivity contribution in [1.82, 2.24) is 0 Å². The molecular formula is C26H33Cl3SiTi. The number of unbranched alkanes of at least 4 members (excludes halogenated alkanes) is 2. The molecule has 0 radical (unpaired) electrons. The first-order chi connectivity index (χ1) is 13.5. The number of hydrogen-bond donors (Lipinski definition) is 0. The Bertz CT molecular complexity index is 881. The number of aryl methyl sites for hydroxylation is 3. The molecule has 0 aliphatic heterocycles. The molecule has 2 aromatic carbocycles. The van der Waals surface area contributed by atoms with E-state index < -0.39 is 9.52 Å². The van der Waals surface area contributed by atoms with Gasteiger partial charge in [0.2, 0.25) is 0 Å². The molecule has 0 bridgehead atoms. The zero-order valence-electron chi connectivity index (χ0n) is 19.1. The number of hydrogen-bond acceptors (Lipinski definition) is 0. The molecule has 0 saturated heterocycles. The van der Waals surface area contributed by atoms with E-state index in [9.17, 15) is 0 Å². The molecule has 0 unspecified atom stereocenters. The van der Waals surface area contributed by atoms with E-state index in [4.69, 9.17) is 0 Å². The molecule has 0 fully saturated rings. The van der Waals surface area contributed by atoms with E-state index in [1.54, 1.807) is 25.4 Å². The van der Waals surface area contributed by atoms with Crippen LogP contribution in [0.5, 0.6) is 0 Å². The Morgan fingerprint density at radius 3 is 2.10 bits per heavy atom. The van der Waals surface area contributed by atoms with Gasteiger partial charge in [-0.25, -0.2) is 0 Å². The molecule has 1 aliphatic carbocycles. The average Bonchev–Trinajstić information content (AvgIpc) is 2.95. The Balaban J connectivity index is 0.00000300. The Morgan fingerprint density at radius 2 is 1.52 bits per heavy atom. The molecule has 0 amide bonds. The maximum Gasteiger partial charge on any atom is -1.00 e. The van der Waals surface area contributed by atoms with Crippen LogP contribution in [0.25, 0.3) is 0 Å². The summed E-state index contributed by atoms with van der Waals surface area (Å²) in [5, 5.41) is 3.47. The summed E-state index contributed by atoms with van der Waals surface area (Å²) in [6, 6.07) is 15.8. The zero-order valence-corrected chi connectivity index (χ0v) is 24.4. The van der Waals surface area contributed by atoms with Gasteiger partial charge in [-0.2, -0.15) is 0 Å². The van der Waals surface area contributed by atoms with Crippen molar-refractivity contribution in [3.05, 3.63) is 84.9 Å². The van der Waals surface area contributed by atoms with Gasteiger partial charge in [0.1, 0.15) is 0 Å². The third-order valence-corrected chi connectivity index (χ3v) is 9.64. The summed E-state index contributed by atoms with van der Waals surface area (Å²) in [5.41, 5.74) is 9.26. The molecule has 2 aromatic rings. The van der Waals surface area contributed by atoms with E-state index in [2.05, 4.69) is 90.6 Å². The topological polar surface area (TPSA) is 0 Å². The summed E-state index contributed by atoms with van der Waals surface area (Å²) < 4.78 is 1.62. The van der Waals surface area contributed by atoms with E-state index in [-0.39, 0.29) is 37.2 Å². The molecule has 1 aliphatic rings. The van der Waals surface area contributed by atoms with E-state index in [1.165, 1.54) is 54.4 Å². The minimum atomic E-state index is -0.426. The van der Waals surface area contributed by atoms with Crippen LogP contribution in [0.1, 0.15) is 61.3 Å². The number of benzene rings is 2. The van der Waals surface area contributed by atoms with Gasteiger partial charge in [-0.15, -0.1) is 0 Å². The quantitative estimate of drug-likeness (QED) is 0.249. The second-order valence-electron chi connectivity index (χ2n) is 8.41. The third kappa shape index (κ3) is 8.22. The Kier molecular flexibility index (Phi) is 14.7. The monoisotopic (exact) mass is 526 g/mol. The minimum absolute atomic E-state index is 0. The molecule has 0 spiro atoms. The van der Waals surface area contributed by atoms with Crippen molar-refractivity contribution < 1.29 is 57.7 Å². The molecule has 0 saturated carbocycles. The van der Waals surface area contributed by atoms with Crippen LogP contribution in [-0.4, -0.2) is 9.52 Å². The zero-order chi connectivity index (χ0) is 20.1. The number of halogens is 3. The molecule has 31 heavy (non-hydrogen) atoms.